The lowest BCUT2D eigenvalue weighted by Gasteiger charge is -2.73. The summed E-state index contributed by atoms with van der Waals surface area (Å²) in [5.41, 5.74) is 2.03. The zero-order chi connectivity index (χ0) is 47.5. The summed E-state index contributed by atoms with van der Waals surface area (Å²) >= 11 is 0. The number of hydrogen-bond acceptors (Lipinski definition) is 6. The third kappa shape index (κ3) is 7.23. The number of piperidine rings is 1. The molecule has 1 heterocycles. The molecule has 9 aliphatic rings. The summed E-state index contributed by atoms with van der Waals surface area (Å²) in [6, 6.07) is 10.8. The van der Waals surface area contributed by atoms with Gasteiger partial charge in [0.2, 0.25) is 5.91 Å². The van der Waals surface area contributed by atoms with Gasteiger partial charge in [-0.1, -0.05) is 99.6 Å². The molecule has 364 valence electrons. The van der Waals surface area contributed by atoms with Crippen LogP contribution in [0.25, 0.3) is 0 Å². The number of esters is 1. The molecule has 1 aromatic carbocycles. The lowest BCUT2D eigenvalue weighted by atomic mass is 9.32. The van der Waals surface area contributed by atoms with E-state index in [1.807, 2.05) is 0 Å². The Hall–Kier alpha value is -2.79. The number of nitrogens with zero attached hydrogens (tertiary/aromatic N) is 1. The molecular weight excluding hydrogens is 819 g/mol. The van der Waals surface area contributed by atoms with E-state index in [-0.39, 0.29) is 68.0 Å². The number of Topliss-reactive ketones (excluding diaryl/α,β-unsaturated/α-hetero) is 1. The molecule has 0 bridgehead atoms. The van der Waals surface area contributed by atoms with E-state index in [9.17, 15) is 9.59 Å². The Kier molecular flexibility index (Phi) is 12.2. The zero-order valence-corrected chi connectivity index (χ0v) is 42.9. The van der Waals surface area contributed by atoms with Gasteiger partial charge < -0.3 is 9.64 Å². The highest BCUT2D eigenvalue weighted by atomic mass is 16.5. The Balaban J connectivity index is 0.00000178. The fraction of sp³-hybridized carbons (Fsp3) is 0.831. The maximum Gasteiger partial charge on any atom is 0.373 e. The molecular formula is C59H87NO6. The first-order chi connectivity index (χ1) is 31.0. The second-order valence-corrected chi connectivity index (χ2v) is 27.3. The number of ether oxygens (including phenoxy) is 1. The van der Waals surface area contributed by atoms with Gasteiger partial charge >= 0.3 is 12.1 Å². The number of hydrogen-bond donors (Lipinski definition) is 0. The van der Waals surface area contributed by atoms with Crippen molar-refractivity contribution in [3.8, 4) is 0 Å². The number of carbonyl (C=O) groups is 3. The molecule has 0 radical (unpaired) electrons. The third-order valence-electron chi connectivity index (χ3n) is 24.1. The standard InChI is InChI=1S/C58H87NO4.CO2/c1-51(2)39(34-42(51)49(61)59-31-15-12-16-32-59)36-46(60)58-26-21-40(54(7)27-28-54)48(58)41-19-20-45-55(8)24-23-47(53(5,6)44(55)22-25-57(45,10)56(41,9)29-30-58)63-50(62)43-35-38(52(43,3)4)33-37-17-13-11-14-18-37;2-1-3/h11,13-14,17-18,38-45,47-48H,12,15-16,19-36H2,1-10H3;/t38-,39+,40-,41-,42-,43-,44+,45-,47+,48-,55+,56-,57-,58-;/m1./s1. The molecule has 7 heteroatoms. The highest BCUT2D eigenvalue weighted by molar-refractivity contribution is 5.87. The Labute approximate surface area is 398 Å². The first kappa shape index (κ1) is 48.2. The molecule has 0 aromatic heterocycles. The Bertz CT molecular complexity index is 2060. The molecule has 10 rings (SSSR count). The van der Waals surface area contributed by atoms with Crippen LogP contribution in [0, 0.1) is 96.6 Å². The van der Waals surface area contributed by atoms with Gasteiger partial charge in [0, 0.05) is 36.3 Å². The van der Waals surface area contributed by atoms with Gasteiger partial charge in [0.15, 0.2) is 0 Å². The second kappa shape index (κ2) is 16.7. The molecule has 1 aliphatic heterocycles. The van der Waals surface area contributed by atoms with Crippen molar-refractivity contribution in [1.29, 1.82) is 0 Å². The van der Waals surface area contributed by atoms with Crippen LogP contribution in [-0.2, 0) is 35.1 Å². The van der Waals surface area contributed by atoms with Crippen LogP contribution in [0.2, 0.25) is 0 Å². The van der Waals surface area contributed by atoms with Crippen molar-refractivity contribution in [3.63, 3.8) is 0 Å². The lowest BCUT2D eigenvalue weighted by Crippen LogP contribution is -2.67. The number of amides is 1. The van der Waals surface area contributed by atoms with Gasteiger partial charge in [-0.15, -0.1) is 0 Å². The largest absolute Gasteiger partial charge is 0.462 e. The van der Waals surface area contributed by atoms with E-state index in [0.29, 0.717) is 65.0 Å². The second-order valence-electron chi connectivity index (χ2n) is 27.3. The number of fused-ring (bicyclic) bond motifs is 7. The first-order valence-electron chi connectivity index (χ1n) is 27.1. The first-order valence-corrected chi connectivity index (χ1v) is 27.1. The fourth-order valence-electron chi connectivity index (χ4n) is 19.0. The fourth-order valence-corrected chi connectivity index (χ4v) is 19.0. The van der Waals surface area contributed by atoms with E-state index in [1.165, 1.54) is 63.4 Å². The molecule has 14 atom stereocenters. The van der Waals surface area contributed by atoms with Crippen LogP contribution < -0.4 is 0 Å². The van der Waals surface area contributed by atoms with E-state index in [2.05, 4.69) is 104 Å². The minimum atomic E-state index is -0.177. The Morgan fingerprint density at radius 2 is 1.29 bits per heavy atom. The minimum Gasteiger partial charge on any atom is -0.462 e. The normalized spacial score (nSPS) is 44.1. The van der Waals surface area contributed by atoms with E-state index in [4.69, 9.17) is 14.3 Å². The third-order valence-corrected chi connectivity index (χ3v) is 24.1. The van der Waals surface area contributed by atoms with Crippen molar-refractivity contribution in [2.45, 2.75) is 197 Å². The average molecular weight is 906 g/mol. The van der Waals surface area contributed by atoms with E-state index in [0.717, 1.165) is 70.9 Å². The Morgan fingerprint density at radius 3 is 1.92 bits per heavy atom. The number of rotatable bonds is 9. The van der Waals surface area contributed by atoms with Gasteiger partial charge in [-0.25, -0.2) is 0 Å². The highest BCUT2D eigenvalue weighted by Crippen LogP contribution is 2.79. The van der Waals surface area contributed by atoms with Crippen LogP contribution in [0.5, 0.6) is 0 Å². The van der Waals surface area contributed by atoms with Crippen LogP contribution in [0.15, 0.2) is 30.3 Å². The minimum absolute atomic E-state index is 0.0198. The van der Waals surface area contributed by atoms with E-state index in [1.54, 1.807) is 0 Å². The molecule has 1 amide bonds. The molecule has 9 fully saturated rings. The van der Waals surface area contributed by atoms with Gasteiger partial charge in [-0.2, -0.15) is 9.59 Å². The summed E-state index contributed by atoms with van der Waals surface area (Å²) in [6.07, 6.45) is 21.7. The zero-order valence-electron chi connectivity index (χ0n) is 42.9. The van der Waals surface area contributed by atoms with Crippen molar-refractivity contribution in [2.75, 3.05) is 13.1 Å². The van der Waals surface area contributed by atoms with Gasteiger partial charge in [0.05, 0.1) is 5.92 Å². The predicted molar refractivity (Wildman–Crippen MR) is 257 cm³/mol. The Morgan fingerprint density at radius 1 is 0.636 bits per heavy atom. The maximum atomic E-state index is 15.4. The monoisotopic (exact) mass is 906 g/mol. The van der Waals surface area contributed by atoms with Crippen LogP contribution in [0.1, 0.15) is 190 Å². The van der Waals surface area contributed by atoms with Gasteiger partial charge in [0.1, 0.15) is 11.9 Å². The van der Waals surface area contributed by atoms with Crippen LogP contribution in [-0.4, -0.2) is 47.9 Å². The van der Waals surface area contributed by atoms with Crippen molar-refractivity contribution in [3.05, 3.63) is 35.9 Å². The molecule has 1 aromatic rings. The van der Waals surface area contributed by atoms with Gasteiger partial charge in [-0.3, -0.25) is 14.4 Å². The SMILES string of the molecule is CC1([C@@H]2CC[C@]3(C(=O)C[C@@H]4C[C@H](C(=O)N5CCCCC5)C4(C)C)CC[C@]4(C)[C@H](CC[C@@H]5[C@@]6(C)CC[C@H](OC(=O)[C@H]7C[C@@H](Cc8ccccc8)C7(C)C)C(C)(C)[C@@H]6CC[C@]54C)[C@@H]23)CC1.O=C=O. The maximum absolute atomic E-state index is 15.4. The molecule has 0 N–H and O–H groups in total. The summed E-state index contributed by atoms with van der Waals surface area (Å²) < 4.78 is 6.74. The number of likely N-dealkylation sites (tertiary alicyclic amines) is 1. The molecule has 1 saturated heterocycles. The van der Waals surface area contributed by atoms with Crippen LogP contribution in [0.3, 0.4) is 0 Å². The van der Waals surface area contributed by atoms with E-state index < -0.39 is 0 Å². The van der Waals surface area contributed by atoms with Crippen LogP contribution in [0.4, 0.5) is 0 Å². The molecule has 0 spiro atoms. The molecule has 66 heavy (non-hydrogen) atoms. The van der Waals surface area contributed by atoms with Crippen molar-refractivity contribution >= 4 is 23.8 Å². The van der Waals surface area contributed by atoms with Crippen molar-refractivity contribution < 1.29 is 28.7 Å². The predicted octanol–water partition coefficient (Wildman–Crippen LogP) is 12.7. The molecule has 8 saturated carbocycles. The lowest BCUT2D eigenvalue weighted by molar-refractivity contribution is -0.252. The summed E-state index contributed by atoms with van der Waals surface area (Å²) in [5, 5.41) is 0. The summed E-state index contributed by atoms with van der Waals surface area (Å²) in [5.74, 6) is 4.85. The quantitative estimate of drug-likeness (QED) is 0.229. The summed E-state index contributed by atoms with van der Waals surface area (Å²) in [4.78, 5) is 61.7. The van der Waals surface area contributed by atoms with Crippen molar-refractivity contribution in [2.24, 2.45) is 96.6 Å². The van der Waals surface area contributed by atoms with Gasteiger partial charge in [0.25, 0.3) is 0 Å². The smallest absolute Gasteiger partial charge is 0.373 e. The molecule has 8 aliphatic carbocycles. The number of carbonyl (C=O) groups excluding carboxylic acids is 5. The molecule has 7 nitrogen and oxygen atoms in total. The summed E-state index contributed by atoms with van der Waals surface area (Å²) in [6.45, 7) is 26.7. The topological polar surface area (TPSA) is 97.8 Å². The van der Waals surface area contributed by atoms with Gasteiger partial charge in [-0.05, 0) is 195 Å². The van der Waals surface area contributed by atoms with Crippen LogP contribution >= 0.6 is 0 Å². The molecule has 0 unspecified atom stereocenters. The van der Waals surface area contributed by atoms with E-state index >= 15 is 4.79 Å². The number of ketones is 1. The highest BCUT2D eigenvalue weighted by Gasteiger charge is 2.74. The van der Waals surface area contributed by atoms with Crippen molar-refractivity contribution in [1.82, 2.24) is 4.90 Å². The average Bonchev–Trinajstić information content (AvgIpc) is 3.89. The summed E-state index contributed by atoms with van der Waals surface area (Å²) in [7, 11) is 0. The number of benzene rings is 1.